The molecule has 2 aromatic carbocycles. The van der Waals surface area contributed by atoms with Gasteiger partial charge in [0, 0.05) is 102 Å². The van der Waals surface area contributed by atoms with Crippen molar-refractivity contribution in [3.8, 4) is 0 Å². The molecule has 122 heavy (non-hydrogen) atoms. The summed E-state index contributed by atoms with van der Waals surface area (Å²) in [5.41, 5.74) is 47.2. The molecule has 8 atom stereocenters. The Morgan fingerprint density at radius 3 is 0.869 bits per heavy atom. The Bertz CT molecular complexity index is 3990. The highest BCUT2D eigenvalue weighted by Crippen LogP contribution is 2.32. The topological polar surface area (TPSA) is 794 Å². The van der Waals surface area contributed by atoms with Crippen molar-refractivity contribution in [1.29, 1.82) is 43.3 Å². The maximum absolute atomic E-state index is 15.1. The lowest BCUT2D eigenvalue weighted by Gasteiger charge is -2.29. The van der Waals surface area contributed by atoms with Gasteiger partial charge in [-0.25, -0.2) is 9.78 Å². The second kappa shape index (κ2) is 55.2. The van der Waals surface area contributed by atoms with Crippen molar-refractivity contribution < 1.29 is 47.9 Å². The van der Waals surface area contributed by atoms with Crippen LogP contribution in [0.25, 0.3) is 20.4 Å². The van der Waals surface area contributed by atoms with Crippen molar-refractivity contribution in [2.45, 2.75) is 205 Å². The molecule has 3 rings (SSSR count). The lowest BCUT2D eigenvalue weighted by molar-refractivity contribution is -0.136. The van der Waals surface area contributed by atoms with Gasteiger partial charge in [-0.2, -0.15) is 0 Å². The summed E-state index contributed by atoms with van der Waals surface area (Å²) in [4.78, 5) is 139. The highest BCUT2D eigenvalue weighted by Gasteiger charge is 2.36. The van der Waals surface area contributed by atoms with Crippen molar-refractivity contribution in [2.24, 2.45) is 57.7 Å². The zero-order valence-electron chi connectivity index (χ0n) is 71.0. The van der Waals surface area contributed by atoms with Crippen LogP contribution in [-0.2, 0) is 43.1 Å². The number of nitrogens with one attached hydrogen (secondary N) is 26. The average molecular weight is 1730 g/mol. The van der Waals surface area contributed by atoms with Crippen LogP contribution in [0.1, 0.15) is 151 Å². The molecule has 9 amide bonds. The van der Waals surface area contributed by atoms with Gasteiger partial charge in [0.2, 0.25) is 58.6 Å². The summed E-state index contributed by atoms with van der Waals surface area (Å²) < 4.78 is 7.38. The number of fused-ring (bicyclic) bond motifs is 2. The Morgan fingerprint density at radius 1 is 0.352 bits per heavy atom. The average Bonchev–Trinajstić information content (AvgIpc) is 0.786. The van der Waals surface area contributed by atoms with Gasteiger partial charge in [-0.15, -0.1) is 0 Å². The van der Waals surface area contributed by atoms with Gasteiger partial charge < -0.3 is 151 Å². The number of alkyl carbamates (subject to hydrolysis) is 1. The van der Waals surface area contributed by atoms with E-state index < -0.39 is 137 Å². The molecule has 0 spiro atoms. The number of benzene rings is 2. The number of nitrogens with zero attached hydrogens (tertiary/aromatic N) is 2. The van der Waals surface area contributed by atoms with Gasteiger partial charge in [0.05, 0.1) is 0 Å². The molecular formula is C75H135N36O10S+. The first-order chi connectivity index (χ1) is 57.6. The fourth-order valence-corrected chi connectivity index (χ4v) is 13.4. The molecule has 0 bridgehead atoms. The number of anilines is 2. The number of nitrogens with two attached hydrogens (primary N) is 8. The number of hydrogen-bond donors (Lipinski definition) is 34. The molecule has 0 aliphatic rings. The minimum atomic E-state index is -1.57. The third-order valence-electron chi connectivity index (χ3n) is 18.0. The summed E-state index contributed by atoms with van der Waals surface area (Å²) in [6.07, 6.45) is -1.37. The monoisotopic (exact) mass is 1730 g/mol. The molecular weight excluding hydrogens is 1600 g/mol. The highest BCUT2D eigenvalue weighted by molar-refractivity contribution is 7.24. The highest BCUT2D eigenvalue weighted by atomic mass is 32.1. The van der Waals surface area contributed by atoms with E-state index in [1.807, 2.05) is 18.2 Å². The lowest BCUT2D eigenvalue weighted by atomic mass is 10.0. The van der Waals surface area contributed by atoms with Crippen molar-refractivity contribution in [2.75, 3.05) is 88.8 Å². The van der Waals surface area contributed by atoms with Gasteiger partial charge in [0.15, 0.2) is 47.7 Å². The predicted molar refractivity (Wildman–Crippen MR) is 475 cm³/mol. The van der Waals surface area contributed by atoms with Crippen LogP contribution in [0.4, 0.5) is 16.2 Å². The molecule has 0 saturated carbocycles. The molecule has 46 nitrogen and oxygen atoms in total. The van der Waals surface area contributed by atoms with E-state index in [1.165, 1.54) is 0 Å². The number of carbonyl (C=O) groups excluding carboxylic acids is 9. The Kier molecular flexibility index (Phi) is 46.8. The van der Waals surface area contributed by atoms with Gasteiger partial charge in [0.25, 0.3) is 9.40 Å². The molecule has 1 heterocycles. The summed E-state index contributed by atoms with van der Waals surface area (Å²) in [5.74, 6) is -9.29. The fourth-order valence-electron chi connectivity index (χ4n) is 12.3. The molecule has 0 saturated heterocycles. The fraction of sp³-hybridized carbons (Fsp3) is 0.613. The number of amides is 9. The van der Waals surface area contributed by atoms with E-state index in [1.54, 1.807) is 32.1 Å². The molecule has 0 unspecified atom stereocenters. The molecule has 0 radical (unpaired) electrons. The molecule has 1 aromatic heterocycles. The third-order valence-corrected chi connectivity index (χ3v) is 19.1. The van der Waals surface area contributed by atoms with Crippen LogP contribution in [0.3, 0.4) is 0 Å². The van der Waals surface area contributed by atoms with Gasteiger partial charge >= 0.3 is 6.09 Å². The summed E-state index contributed by atoms with van der Waals surface area (Å²) >= 11 is 1.62. The van der Waals surface area contributed by atoms with E-state index in [0.717, 1.165) is 44.9 Å². The van der Waals surface area contributed by atoms with E-state index in [9.17, 15) is 33.6 Å². The van der Waals surface area contributed by atoms with Crippen LogP contribution in [0.5, 0.6) is 0 Å². The van der Waals surface area contributed by atoms with Crippen LogP contribution >= 0.6 is 11.3 Å². The maximum Gasteiger partial charge on any atom is 0.408 e. The van der Waals surface area contributed by atoms with E-state index in [4.69, 9.17) is 98.9 Å². The maximum atomic E-state index is 15.1. The summed E-state index contributed by atoms with van der Waals surface area (Å²) in [6, 6.07) is 0.442. The van der Waals surface area contributed by atoms with E-state index >= 15 is 9.59 Å². The van der Waals surface area contributed by atoms with Crippen LogP contribution in [-0.4, -0.2) is 238 Å². The Hall–Kier alpha value is -12.7. The van der Waals surface area contributed by atoms with Crippen LogP contribution in [0.2, 0.25) is 0 Å². The molecule has 42 N–H and O–H groups in total. The summed E-state index contributed by atoms with van der Waals surface area (Å²) in [5, 5.41) is 111. The van der Waals surface area contributed by atoms with E-state index in [-0.39, 0.29) is 186 Å². The summed E-state index contributed by atoms with van der Waals surface area (Å²) in [7, 11) is 0. The molecule has 0 aliphatic heterocycles. The van der Waals surface area contributed by atoms with E-state index in [0.29, 0.717) is 11.8 Å². The van der Waals surface area contributed by atoms with Gasteiger partial charge in [-0.1, -0.05) is 27.7 Å². The van der Waals surface area contributed by atoms with E-state index in [2.05, 4.69) is 146 Å². The minimum absolute atomic E-state index is 0.00143. The van der Waals surface area contributed by atoms with Crippen LogP contribution in [0.15, 0.2) is 36.4 Å². The molecule has 47 heteroatoms. The lowest BCUT2D eigenvalue weighted by Crippen LogP contribution is -2.60. The van der Waals surface area contributed by atoms with Crippen molar-refractivity contribution >= 4 is 144 Å². The number of hydrogen-bond acceptors (Lipinski definition) is 21. The third kappa shape index (κ3) is 44.3. The minimum Gasteiger partial charge on any atom is -0.444 e. The van der Waals surface area contributed by atoms with Gasteiger partial charge in [0.1, 0.15) is 65.0 Å². The quantitative estimate of drug-likeness (QED) is 0.00869. The van der Waals surface area contributed by atoms with Gasteiger partial charge in [-0.3, -0.25) is 81.6 Å². The second-order valence-corrected chi connectivity index (χ2v) is 32.0. The SMILES string of the molecule is CC(C)CN(CC(C)C)c1ccc2nc3ccc(NCCNC(=O)[C@H](CCCNC(=N)N)NC(=O)[C@H](CCCNC(=N)N)NC(=O)[C@H](CCCNC(=N)N)NC(=O)[C@H](CCCNC(=N)N)NC(=O)[C@H](CCCNC(=N)N)NC(=O)[C@H](CCCNC(=N)N)NC(=O)[C@H](CCCNC(=N)N)NC(=O)[C@H](CCCNC(=N)N)NC(=O)OC(C)(C)C)cc3[s+]c2c1. The molecule has 0 aliphatic carbocycles. The number of ether oxygens (including phenoxy) is 1. The normalized spacial score (nSPS) is 13.0. The molecule has 680 valence electrons. The Balaban J connectivity index is 2.07. The zero-order valence-corrected chi connectivity index (χ0v) is 71.9. The molecule has 3 aromatic rings. The Labute approximate surface area is 715 Å². The zero-order chi connectivity index (χ0) is 91.0. The number of aromatic nitrogens is 1. The summed E-state index contributed by atoms with van der Waals surface area (Å²) in [6.45, 7) is 16.1. The first kappa shape index (κ1) is 103. The van der Waals surface area contributed by atoms with Crippen molar-refractivity contribution in [1.82, 2.24) is 95.4 Å². The van der Waals surface area contributed by atoms with Gasteiger partial charge in [-0.05, 0) is 160 Å². The first-order valence-corrected chi connectivity index (χ1v) is 41.6. The Morgan fingerprint density at radius 2 is 0.607 bits per heavy atom. The largest absolute Gasteiger partial charge is 0.444 e. The second-order valence-electron chi connectivity index (χ2n) is 30.9. The number of carbonyl (C=O) groups is 9. The van der Waals surface area contributed by atoms with Crippen LogP contribution in [0, 0.1) is 55.1 Å². The predicted octanol–water partition coefficient (Wildman–Crippen LogP) is -3.23. The number of guanidine groups is 8. The van der Waals surface area contributed by atoms with Crippen molar-refractivity contribution in [3.05, 3.63) is 36.4 Å². The number of rotatable bonds is 57. The van der Waals surface area contributed by atoms with Crippen LogP contribution < -0.4 is 146 Å². The smallest absolute Gasteiger partial charge is 0.408 e. The molecule has 0 fully saturated rings. The van der Waals surface area contributed by atoms with Crippen molar-refractivity contribution in [3.63, 3.8) is 0 Å². The standard InChI is InChI=1S/C75H134N36O10S/c1-42(2)40-111(41-43(3)4)45-25-27-47-57(39-45)122-56-38-44(24-26-46(56)102-47)92-36-37-93-58(112)48(16-8-28-94-66(76)77)103-59(113)49(17-9-29-95-67(78)79)104-60(114)50(18-10-30-96-68(80)81)105-61(115)51(19-11-31-97-69(82)83)106-62(116)52(20-12-32-98-70(84)85)107-63(117)53(21-13-33-99-71(86)87)108-64(118)54(22-14-34-100-72(88)89)109-65(119)55(23-15-35-101-73(90)91)110-74(120)121-75(5,6)7/h24-27,38-39,42-43,48-55,92H,8-23,28-37,40-41H2,1-7H3,(H40-,76,77,78,79,80,81,82,83,84,85,86,87,88,89,90,91,93,94,95,96,97,98,99,100,101,103,104,105,106,107,108,109,110,112,113,114,115,116,117,118,119,120)/p+1/t48-,49-,50-,51-,52-,53-,54-,55-/m0/s1. The first-order valence-electron chi connectivity index (χ1n) is 40.8.